The molecule has 0 spiro atoms. The van der Waals surface area contributed by atoms with Crippen LogP contribution in [0.5, 0.6) is 0 Å². The van der Waals surface area contributed by atoms with Crippen LogP contribution in [-0.4, -0.2) is 45.4 Å². The number of hydrazone groups is 1. The molecule has 0 saturated carbocycles. The summed E-state index contributed by atoms with van der Waals surface area (Å²) in [6.45, 7) is 0.303. The van der Waals surface area contributed by atoms with Crippen molar-refractivity contribution in [2.24, 2.45) is 5.10 Å². The number of carboxylic acid groups (broad SMARTS) is 1. The number of nitrogens with zero attached hydrogens (tertiary/aromatic N) is 3. The fraction of sp³-hybridized carbons (Fsp3) is 0.500. The molecular formula is C16H17F3N4O5S. The van der Waals surface area contributed by atoms with Crippen molar-refractivity contribution in [1.82, 2.24) is 14.6 Å². The molecule has 0 bridgehead atoms. The molecule has 1 aliphatic rings. The molecule has 2 aromatic rings. The lowest BCUT2D eigenvalue weighted by Gasteiger charge is -2.16. The fourth-order valence-electron chi connectivity index (χ4n) is 3.15. The van der Waals surface area contributed by atoms with E-state index >= 15 is 0 Å². The zero-order chi connectivity index (χ0) is 21.3. The molecule has 0 aliphatic carbocycles. The zero-order valence-corrected chi connectivity index (χ0v) is 16.0. The van der Waals surface area contributed by atoms with E-state index in [1.54, 1.807) is 5.43 Å². The first-order valence-electron chi connectivity index (χ1n) is 8.55. The summed E-state index contributed by atoms with van der Waals surface area (Å²) >= 11 is 0.971. The number of amides is 1. The van der Waals surface area contributed by atoms with E-state index in [0.717, 1.165) is 28.5 Å². The van der Waals surface area contributed by atoms with Crippen molar-refractivity contribution in [2.75, 3.05) is 6.61 Å². The van der Waals surface area contributed by atoms with Crippen LogP contribution >= 0.6 is 11.3 Å². The Bertz CT molecular complexity index is 1080. The second kappa shape index (κ2) is 7.99. The number of alkyl halides is 3. The Morgan fingerprint density at radius 1 is 1.41 bits per heavy atom. The van der Waals surface area contributed by atoms with Crippen LogP contribution in [0.15, 0.2) is 14.7 Å². The number of rotatable bonds is 5. The molecule has 2 N–H and O–H groups in total. The van der Waals surface area contributed by atoms with Gasteiger partial charge in [0, 0.05) is 6.61 Å². The quantitative estimate of drug-likeness (QED) is 0.551. The van der Waals surface area contributed by atoms with Gasteiger partial charge in [0.25, 0.3) is 5.56 Å². The third-order valence-corrected chi connectivity index (χ3v) is 5.67. The van der Waals surface area contributed by atoms with Crippen LogP contribution in [0, 0.1) is 6.92 Å². The van der Waals surface area contributed by atoms with Crippen LogP contribution in [-0.2, 0) is 17.8 Å². The number of hydrogen-bond acceptors (Lipinski definition) is 6. The summed E-state index contributed by atoms with van der Waals surface area (Å²) < 4.78 is 45.7. The number of nitrogens with one attached hydrogen (secondary N) is 1. The maximum Gasteiger partial charge on any atom is 0.425 e. The fourth-order valence-corrected chi connectivity index (χ4v) is 4.33. The van der Waals surface area contributed by atoms with E-state index in [0.29, 0.717) is 23.5 Å². The minimum absolute atomic E-state index is 0.0113. The van der Waals surface area contributed by atoms with Gasteiger partial charge in [-0.05, 0) is 25.3 Å². The Labute approximate surface area is 165 Å². The molecule has 1 atom stereocenters. The molecule has 0 radical (unpaired) electrons. The van der Waals surface area contributed by atoms with Gasteiger partial charge < -0.3 is 9.84 Å². The zero-order valence-electron chi connectivity index (χ0n) is 15.2. The third-order valence-electron chi connectivity index (χ3n) is 4.42. The van der Waals surface area contributed by atoms with E-state index in [-0.39, 0.29) is 27.4 Å². The molecule has 29 heavy (non-hydrogen) atoms. The van der Waals surface area contributed by atoms with Crippen molar-refractivity contribution in [3.63, 3.8) is 0 Å². The van der Waals surface area contributed by atoms with Crippen molar-refractivity contribution in [3.8, 4) is 0 Å². The molecule has 1 aliphatic heterocycles. The maximum absolute atomic E-state index is 13.0. The summed E-state index contributed by atoms with van der Waals surface area (Å²) in [7, 11) is 0. The van der Waals surface area contributed by atoms with Crippen LogP contribution in [0.25, 0.3) is 10.2 Å². The van der Waals surface area contributed by atoms with E-state index in [1.165, 1.54) is 6.92 Å². The van der Waals surface area contributed by atoms with Gasteiger partial charge in [-0.3, -0.25) is 13.9 Å². The van der Waals surface area contributed by atoms with E-state index in [4.69, 9.17) is 9.84 Å². The third kappa shape index (κ3) is 4.50. The Kier molecular flexibility index (Phi) is 5.80. The van der Waals surface area contributed by atoms with Crippen LogP contribution in [0.2, 0.25) is 0 Å². The predicted octanol–water partition coefficient (Wildman–Crippen LogP) is 1.88. The highest BCUT2D eigenvalue weighted by atomic mass is 32.1. The molecule has 1 fully saturated rings. The second-order valence-electron chi connectivity index (χ2n) is 6.48. The van der Waals surface area contributed by atoms with Gasteiger partial charge in [0.1, 0.15) is 11.4 Å². The van der Waals surface area contributed by atoms with Crippen molar-refractivity contribution in [3.05, 3.63) is 31.3 Å². The van der Waals surface area contributed by atoms with Gasteiger partial charge in [-0.25, -0.2) is 15.0 Å². The summed E-state index contributed by atoms with van der Waals surface area (Å²) in [5.41, 5.74) is -0.0287. The molecule has 3 heterocycles. The van der Waals surface area contributed by atoms with Gasteiger partial charge in [-0.1, -0.05) is 0 Å². The van der Waals surface area contributed by atoms with Crippen molar-refractivity contribution < 1.29 is 27.8 Å². The van der Waals surface area contributed by atoms with Crippen molar-refractivity contribution >= 4 is 33.9 Å². The first-order chi connectivity index (χ1) is 13.6. The highest BCUT2D eigenvalue weighted by molar-refractivity contribution is 7.20. The number of aryl methyl sites for hydroxylation is 1. The topological polar surface area (TPSA) is 115 Å². The molecule has 9 nitrogen and oxygen atoms in total. The molecule has 13 heteroatoms. The largest absolute Gasteiger partial charge is 0.464 e. The van der Waals surface area contributed by atoms with Crippen LogP contribution < -0.4 is 16.7 Å². The lowest BCUT2D eigenvalue weighted by Crippen LogP contribution is -2.44. The lowest BCUT2D eigenvalue weighted by molar-refractivity contribution is -0.142. The highest BCUT2D eigenvalue weighted by Crippen LogP contribution is 2.28. The number of carbonyl (C=O) groups is 1. The smallest absolute Gasteiger partial charge is 0.425 e. The summed E-state index contributed by atoms with van der Waals surface area (Å²) in [5.74, 6) is 0. The van der Waals surface area contributed by atoms with Crippen LogP contribution in [0.4, 0.5) is 18.0 Å². The summed E-state index contributed by atoms with van der Waals surface area (Å²) in [6.07, 6.45) is -3.94. The number of ether oxygens (including phenoxy) is 1. The Morgan fingerprint density at radius 2 is 2.14 bits per heavy atom. The average Bonchev–Trinajstić information content (AvgIpc) is 3.23. The molecule has 1 unspecified atom stereocenters. The highest BCUT2D eigenvalue weighted by Gasteiger charge is 2.32. The molecule has 2 aromatic heterocycles. The van der Waals surface area contributed by atoms with Gasteiger partial charge >= 0.3 is 18.0 Å². The Hall–Kier alpha value is -2.67. The molecule has 158 valence electrons. The van der Waals surface area contributed by atoms with Crippen LogP contribution in [0.3, 0.4) is 0 Å². The molecule has 0 aromatic carbocycles. The van der Waals surface area contributed by atoms with Crippen molar-refractivity contribution in [1.29, 1.82) is 0 Å². The lowest BCUT2D eigenvalue weighted by atomic mass is 10.2. The molecule has 1 saturated heterocycles. The standard InChI is InChI=1S/C16H17F3N4O5S/c1-8-10(5-20-21-14(25)26)29-13-11(8)12(24)23(7-16(17,18)19)15(27)22(13)6-9-3-2-4-28-9/h5,9,21H,2-4,6-7H2,1H3,(H,25,26). The summed E-state index contributed by atoms with van der Waals surface area (Å²) in [6, 6.07) is 0. The predicted molar refractivity (Wildman–Crippen MR) is 98.9 cm³/mol. The summed E-state index contributed by atoms with van der Waals surface area (Å²) in [5, 5.41) is 12.1. The minimum atomic E-state index is -4.75. The van der Waals surface area contributed by atoms with E-state index in [1.807, 2.05) is 0 Å². The molecule has 1 amide bonds. The number of hydrogen-bond donors (Lipinski definition) is 2. The van der Waals surface area contributed by atoms with Gasteiger partial charge in [-0.15, -0.1) is 11.3 Å². The number of aromatic nitrogens is 2. The number of thiophene rings is 1. The van der Waals surface area contributed by atoms with E-state index in [9.17, 15) is 27.6 Å². The Balaban J connectivity index is 2.21. The second-order valence-corrected chi connectivity index (χ2v) is 7.51. The Morgan fingerprint density at radius 3 is 2.72 bits per heavy atom. The average molecular weight is 434 g/mol. The first-order valence-corrected chi connectivity index (χ1v) is 9.37. The van der Waals surface area contributed by atoms with Gasteiger partial charge in [0.05, 0.1) is 29.1 Å². The van der Waals surface area contributed by atoms with E-state index in [2.05, 4.69) is 5.10 Å². The van der Waals surface area contributed by atoms with E-state index < -0.39 is 30.1 Å². The summed E-state index contributed by atoms with van der Waals surface area (Å²) in [4.78, 5) is 36.5. The first kappa shape index (κ1) is 21.0. The SMILES string of the molecule is Cc1c(C=NNC(=O)O)sc2c1c(=O)n(CC(F)(F)F)c(=O)n2CC1CCCO1. The van der Waals surface area contributed by atoms with Gasteiger partial charge in [-0.2, -0.15) is 18.3 Å². The molecule has 3 rings (SSSR count). The van der Waals surface area contributed by atoms with Gasteiger partial charge in [0.15, 0.2) is 0 Å². The van der Waals surface area contributed by atoms with Gasteiger partial charge in [0.2, 0.25) is 0 Å². The normalized spacial score (nSPS) is 17.4. The van der Waals surface area contributed by atoms with Crippen LogP contribution in [0.1, 0.15) is 23.3 Å². The maximum atomic E-state index is 13.0. The van der Waals surface area contributed by atoms with Crippen molar-refractivity contribution in [2.45, 2.75) is 45.1 Å². The number of fused-ring (bicyclic) bond motifs is 1. The monoisotopic (exact) mass is 434 g/mol. The minimum Gasteiger partial charge on any atom is -0.464 e. The number of halogens is 3. The molecular weight excluding hydrogens is 417 g/mol.